The van der Waals surface area contributed by atoms with Crippen LogP contribution in [0.25, 0.3) is 0 Å². The fraction of sp³-hybridized carbons (Fsp3) is 0.524. The number of ether oxygens (including phenoxy) is 1. The Kier molecular flexibility index (Phi) is 5.43. The Morgan fingerprint density at radius 1 is 1.11 bits per heavy atom. The predicted molar refractivity (Wildman–Crippen MR) is 104 cm³/mol. The molecule has 4 rings (SSSR count). The second kappa shape index (κ2) is 8.13. The van der Waals surface area contributed by atoms with E-state index in [1.807, 2.05) is 47.1 Å². The van der Waals surface area contributed by atoms with Crippen molar-refractivity contribution in [3.8, 4) is 5.75 Å². The number of hydrogen-bond donors (Lipinski definition) is 0. The average Bonchev–Trinajstić information content (AvgIpc) is 2.91. The molecule has 27 heavy (non-hydrogen) atoms. The first kappa shape index (κ1) is 18.0. The molecule has 2 heterocycles. The van der Waals surface area contributed by atoms with Crippen LogP contribution in [-0.2, 0) is 13.6 Å². The van der Waals surface area contributed by atoms with E-state index in [1.165, 1.54) is 12.0 Å². The summed E-state index contributed by atoms with van der Waals surface area (Å²) < 4.78 is 7.72. The Balaban J connectivity index is 1.32. The third-order valence-corrected chi connectivity index (χ3v) is 5.50. The van der Waals surface area contributed by atoms with Gasteiger partial charge in [-0.2, -0.15) is 5.10 Å². The predicted octanol–water partition coefficient (Wildman–Crippen LogP) is 2.70. The van der Waals surface area contributed by atoms with Gasteiger partial charge in [-0.1, -0.05) is 0 Å². The second-order valence-electron chi connectivity index (χ2n) is 7.64. The molecule has 1 aromatic heterocycles. The largest absolute Gasteiger partial charge is 0.490 e. The molecule has 1 saturated carbocycles. The smallest absolute Gasteiger partial charge is 0.253 e. The summed E-state index contributed by atoms with van der Waals surface area (Å²) in [6.07, 6.45) is 8.88. The lowest BCUT2D eigenvalue weighted by Gasteiger charge is -2.26. The van der Waals surface area contributed by atoms with Crippen molar-refractivity contribution >= 4 is 5.91 Å². The summed E-state index contributed by atoms with van der Waals surface area (Å²) in [4.78, 5) is 17.3. The van der Waals surface area contributed by atoms with Gasteiger partial charge in [0.1, 0.15) is 5.75 Å². The second-order valence-corrected chi connectivity index (χ2v) is 7.64. The Hall–Kier alpha value is -2.34. The van der Waals surface area contributed by atoms with E-state index >= 15 is 0 Å². The van der Waals surface area contributed by atoms with Gasteiger partial charge in [-0.05, 0) is 49.9 Å². The number of benzene rings is 1. The van der Waals surface area contributed by atoms with Crippen molar-refractivity contribution in [1.82, 2.24) is 19.6 Å². The van der Waals surface area contributed by atoms with Gasteiger partial charge in [0.2, 0.25) is 0 Å². The number of hydrogen-bond acceptors (Lipinski definition) is 4. The number of carbonyl (C=O) groups excluding carboxylic acids is 1. The highest BCUT2D eigenvalue weighted by atomic mass is 16.5. The van der Waals surface area contributed by atoms with E-state index in [-0.39, 0.29) is 5.91 Å². The monoisotopic (exact) mass is 368 g/mol. The Bertz CT molecular complexity index is 767. The summed E-state index contributed by atoms with van der Waals surface area (Å²) in [6.45, 7) is 4.36. The van der Waals surface area contributed by atoms with Crippen LogP contribution in [0.4, 0.5) is 0 Å². The molecule has 1 aliphatic carbocycles. The molecular formula is C21H28N4O2. The SMILES string of the molecule is Cn1cc(CN2CCCN(C(=O)c3ccc(OC4CCC4)cc3)CC2)cn1. The van der Waals surface area contributed by atoms with E-state index in [4.69, 9.17) is 4.74 Å². The lowest BCUT2D eigenvalue weighted by molar-refractivity contribution is 0.0761. The molecule has 0 unspecified atom stereocenters. The van der Waals surface area contributed by atoms with Crippen LogP contribution in [0.15, 0.2) is 36.7 Å². The summed E-state index contributed by atoms with van der Waals surface area (Å²) in [5.41, 5.74) is 1.97. The molecule has 0 N–H and O–H groups in total. The minimum atomic E-state index is 0.119. The van der Waals surface area contributed by atoms with Gasteiger partial charge in [0.25, 0.3) is 5.91 Å². The first-order valence-corrected chi connectivity index (χ1v) is 9.93. The summed E-state index contributed by atoms with van der Waals surface area (Å²) in [5, 5.41) is 4.24. The van der Waals surface area contributed by atoms with Crippen LogP contribution in [0.3, 0.4) is 0 Å². The minimum Gasteiger partial charge on any atom is -0.490 e. The zero-order valence-corrected chi connectivity index (χ0v) is 16.0. The highest BCUT2D eigenvalue weighted by Gasteiger charge is 2.22. The highest BCUT2D eigenvalue weighted by Crippen LogP contribution is 2.25. The molecule has 1 amide bonds. The van der Waals surface area contributed by atoms with Crippen molar-refractivity contribution in [3.63, 3.8) is 0 Å². The zero-order valence-electron chi connectivity index (χ0n) is 16.0. The Labute approximate surface area is 160 Å². The Morgan fingerprint density at radius 2 is 1.93 bits per heavy atom. The van der Waals surface area contributed by atoms with E-state index in [1.54, 1.807) is 0 Å². The van der Waals surface area contributed by atoms with Gasteiger partial charge in [0, 0.05) is 57.1 Å². The number of aromatic nitrogens is 2. The molecule has 6 nitrogen and oxygen atoms in total. The number of nitrogens with zero attached hydrogens (tertiary/aromatic N) is 4. The molecule has 2 aromatic rings. The molecule has 1 aliphatic heterocycles. The molecule has 6 heteroatoms. The van der Waals surface area contributed by atoms with E-state index in [0.717, 1.165) is 63.3 Å². The molecule has 144 valence electrons. The maximum atomic E-state index is 12.9. The molecule has 1 saturated heterocycles. The maximum absolute atomic E-state index is 12.9. The fourth-order valence-electron chi connectivity index (χ4n) is 3.68. The molecule has 0 radical (unpaired) electrons. The van der Waals surface area contributed by atoms with Crippen LogP contribution in [0, 0.1) is 0 Å². The summed E-state index contributed by atoms with van der Waals surface area (Å²) in [6, 6.07) is 7.65. The van der Waals surface area contributed by atoms with Crippen LogP contribution in [-0.4, -0.2) is 57.8 Å². The molecule has 1 aromatic carbocycles. The van der Waals surface area contributed by atoms with Gasteiger partial charge in [-0.3, -0.25) is 14.4 Å². The van der Waals surface area contributed by atoms with Crippen LogP contribution in [0.5, 0.6) is 5.75 Å². The minimum absolute atomic E-state index is 0.119. The van der Waals surface area contributed by atoms with Crippen molar-refractivity contribution in [3.05, 3.63) is 47.8 Å². The Morgan fingerprint density at radius 3 is 2.59 bits per heavy atom. The van der Waals surface area contributed by atoms with E-state index in [9.17, 15) is 4.79 Å². The number of aryl methyl sites for hydroxylation is 1. The zero-order chi connectivity index (χ0) is 18.6. The summed E-state index contributed by atoms with van der Waals surface area (Å²) in [5.74, 6) is 0.989. The van der Waals surface area contributed by atoms with Crippen LogP contribution >= 0.6 is 0 Å². The molecule has 0 bridgehead atoms. The topological polar surface area (TPSA) is 50.6 Å². The van der Waals surface area contributed by atoms with Crippen molar-refractivity contribution in [2.24, 2.45) is 7.05 Å². The maximum Gasteiger partial charge on any atom is 0.253 e. The van der Waals surface area contributed by atoms with Gasteiger partial charge < -0.3 is 9.64 Å². The summed E-state index contributed by atoms with van der Waals surface area (Å²) >= 11 is 0. The van der Waals surface area contributed by atoms with Crippen LogP contribution in [0.2, 0.25) is 0 Å². The van der Waals surface area contributed by atoms with Gasteiger partial charge in [-0.25, -0.2) is 0 Å². The third kappa shape index (κ3) is 4.50. The number of amides is 1. The third-order valence-electron chi connectivity index (χ3n) is 5.50. The fourth-order valence-corrected chi connectivity index (χ4v) is 3.68. The first-order chi connectivity index (χ1) is 13.2. The van der Waals surface area contributed by atoms with Crippen molar-refractivity contribution in [1.29, 1.82) is 0 Å². The number of rotatable bonds is 5. The molecule has 0 spiro atoms. The lowest BCUT2D eigenvalue weighted by Crippen LogP contribution is -2.35. The normalized spacial score (nSPS) is 18.8. The first-order valence-electron chi connectivity index (χ1n) is 9.93. The quantitative estimate of drug-likeness (QED) is 0.814. The van der Waals surface area contributed by atoms with Gasteiger partial charge in [-0.15, -0.1) is 0 Å². The molecule has 2 aliphatic rings. The van der Waals surface area contributed by atoms with Crippen LogP contribution < -0.4 is 4.74 Å². The van der Waals surface area contributed by atoms with E-state index in [0.29, 0.717) is 6.10 Å². The molecule has 0 atom stereocenters. The van der Waals surface area contributed by atoms with E-state index in [2.05, 4.69) is 16.2 Å². The van der Waals surface area contributed by atoms with Gasteiger partial charge in [0.15, 0.2) is 0 Å². The van der Waals surface area contributed by atoms with Gasteiger partial charge in [0.05, 0.1) is 12.3 Å². The van der Waals surface area contributed by atoms with Crippen molar-refractivity contribution < 1.29 is 9.53 Å². The van der Waals surface area contributed by atoms with E-state index < -0.39 is 0 Å². The van der Waals surface area contributed by atoms with Crippen molar-refractivity contribution in [2.75, 3.05) is 26.2 Å². The molecular weight excluding hydrogens is 340 g/mol. The van der Waals surface area contributed by atoms with Gasteiger partial charge >= 0.3 is 0 Å². The standard InChI is InChI=1S/C21H28N4O2/c1-23-15-17(14-22-23)16-24-10-3-11-25(13-12-24)21(26)18-6-8-20(9-7-18)27-19-4-2-5-19/h6-9,14-15,19H,2-5,10-13,16H2,1H3. The average molecular weight is 368 g/mol. The van der Waals surface area contributed by atoms with Crippen molar-refractivity contribution in [2.45, 2.75) is 38.3 Å². The lowest BCUT2D eigenvalue weighted by atomic mass is 9.96. The summed E-state index contributed by atoms with van der Waals surface area (Å²) in [7, 11) is 1.94. The number of carbonyl (C=O) groups is 1. The highest BCUT2D eigenvalue weighted by molar-refractivity contribution is 5.94. The molecule has 2 fully saturated rings. The van der Waals surface area contributed by atoms with Crippen LogP contribution in [0.1, 0.15) is 41.6 Å².